The van der Waals surface area contributed by atoms with Crippen molar-refractivity contribution in [1.82, 2.24) is 4.90 Å². The first-order valence-electron chi connectivity index (χ1n) is 9.63. The molecule has 166 valence electrons. The fourth-order valence-corrected chi connectivity index (χ4v) is 8.31. The maximum atomic E-state index is 12.8. The highest BCUT2D eigenvalue weighted by molar-refractivity contribution is 8.23. The number of thioether (sulfide) groups is 1. The van der Waals surface area contributed by atoms with Gasteiger partial charge in [0.1, 0.15) is 5.37 Å². The summed E-state index contributed by atoms with van der Waals surface area (Å²) < 4.78 is 18.7. The largest absolute Gasteiger partial charge is 0.478 e. The molecule has 2 saturated heterocycles. The summed E-state index contributed by atoms with van der Waals surface area (Å²) in [5, 5.41) is 18.6. The molecule has 0 aromatic carbocycles. The van der Waals surface area contributed by atoms with E-state index in [4.69, 9.17) is 16.6 Å². The first kappa shape index (κ1) is 24.9. The number of rotatable bonds is 7. The number of carbonyl (C=O) groups excluding carboxylic acids is 1. The smallest absolute Gasteiger partial charge is 0.354 e. The van der Waals surface area contributed by atoms with Crippen molar-refractivity contribution in [3.05, 3.63) is 0 Å². The molecule has 2 aliphatic heterocycles. The topological polar surface area (TPSA) is 104 Å². The molecule has 0 spiro atoms. The zero-order chi connectivity index (χ0) is 22.3. The summed E-state index contributed by atoms with van der Waals surface area (Å²) in [6, 6.07) is 0. The van der Waals surface area contributed by atoms with Crippen LogP contribution in [0.5, 0.6) is 0 Å². The molecule has 2 N–H and O–H groups in total. The van der Waals surface area contributed by atoms with Crippen LogP contribution in [-0.4, -0.2) is 72.9 Å². The van der Waals surface area contributed by atoms with Crippen LogP contribution in [0.15, 0.2) is 0 Å². The van der Waals surface area contributed by atoms with Crippen molar-refractivity contribution in [3.8, 4) is 0 Å². The van der Waals surface area contributed by atoms with Gasteiger partial charge in [-0.3, -0.25) is 13.9 Å². The maximum Gasteiger partial charge on any atom is 0.354 e. The van der Waals surface area contributed by atoms with E-state index in [1.807, 2.05) is 6.92 Å². The molecule has 7 nitrogen and oxygen atoms in total. The number of hydrogen-bond donors (Lipinski definition) is 2. The summed E-state index contributed by atoms with van der Waals surface area (Å²) in [6.07, 6.45) is -1.63. The molecule has 29 heavy (non-hydrogen) atoms. The second-order valence-corrected chi connectivity index (χ2v) is 17.4. The summed E-state index contributed by atoms with van der Waals surface area (Å²) in [7, 11) is -3.04. The van der Waals surface area contributed by atoms with Crippen molar-refractivity contribution in [1.29, 1.82) is 0 Å². The predicted octanol–water partition coefficient (Wildman–Crippen LogP) is 2.41. The molecule has 0 radical (unpaired) electrons. The molecule has 0 aliphatic carbocycles. The molecule has 2 fully saturated rings. The lowest BCUT2D eigenvalue weighted by Crippen LogP contribution is -2.68. The fraction of sp³-hybridized carbons (Fsp3) is 0.833. The van der Waals surface area contributed by atoms with E-state index in [1.165, 1.54) is 11.8 Å². The lowest BCUT2D eigenvalue weighted by Gasteiger charge is -2.51. The number of hydrogen-bond acceptors (Lipinski definition) is 7. The van der Waals surface area contributed by atoms with Crippen LogP contribution in [0.3, 0.4) is 0 Å². The van der Waals surface area contributed by atoms with Crippen LogP contribution in [0.1, 0.15) is 34.1 Å². The van der Waals surface area contributed by atoms with Crippen molar-refractivity contribution in [2.24, 2.45) is 11.8 Å². The van der Waals surface area contributed by atoms with Crippen LogP contribution in [0.25, 0.3) is 0 Å². The van der Waals surface area contributed by atoms with Crippen LogP contribution < -0.4 is 0 Å². The Morgan fingerprint density at radius 2 is 2.00 bits per heavy atom. The zero-order valence-electron chi connectivity index (χ0n) is 17.7. The molecule has 0 aromatic rings. The fourth-order valence-electron chi connectivity index (χ4n) is 3.23. The van der Waals surface area contributed by atoms with Gasteiger partial charge in [-0.25, -0.2) is 4.79 Å². The lowest BCUT2D eigenvalue weighted by molar-refractivity contribution is -0.185. The number of carboxylic acids is 1. The van der Waals surface area contributed by atoms with Crippen molar-refractivity contribution < 1.29 is 28.4 Å². The second-order valence-electron chi connectivity index (χ2n) is 9.19. The van der Waals surface area contributed by atoms with E-state index in [9.17, 15) is 24.0 Å². The third-order valence-corrected chi connectivity index (χ3v) is 14.0. The minimum absolute atomic E-state index is 0.00683. The molecular weight excluding hydrogens is 450 g/mol. The number of carbonyl (C=O) groups is 2. The highest BCUT2D eigenvalue weighted by Gasteiger charge is 2.56. The van der Waals surface area contributed by atoms with Gasteiger partial charge in [-0.1, -0.05) is 44.8 Å². The quantitative estimate of drug-likeness (QED) is 0.325. The van der Waals surface area contributed by atoms with E-state index in [0.29, 0.717) is 15.7 Å². The predicted molar refractivity (Wildman–Crippen MR) is 122 cm³/mol. The Kier molecular flexibility index (Phi) is 7.77. The normalized spacial score (nSPS) is 30.0. The number of thiocarbonyl (C=S) groups is 1. The number of aliphatic hydroxyl groups excluding tert-OH is 1. The van der Waals surface area contributed by atoms with Gasteiger partial charge in [0, 0.05) is 28.2 Å². The Balaban J connectivity index is 2.20. The number of likely N-dealkylation sites (tertiary alicyclic amines) is 1. The minimum atomic E-state index is -2.15. The average molecular weight is 482 g/mol. The van der Waals surface area contributed by atoms with Crippen LogP contribution in [0.4, 0.5) is 0 Å². The van der Waals surface area contributed by atoms with E-state index < -0.39 is 54.6 Å². The van der Waals surface area contributed by atoms with Gasteiger partial charge in [0.2, 0.25) is 12.1 Å². The summed E-state index contributed by atoms with van der Waals surface area (Å²) in [6.45, 7) is 12.3. The summed E-state index contributed by atoms with van der Waals surface area (Å²) in [5.74, 6) is -1.42. The molecule has 11 heteroatoms. The molecule has 2 rings (SSSR count). The van der Waals surface area contributed by atoms with E-state index in [1.54, 1.807) is 0 Å². The highest BCUT2D eigenvalue weighted by atomic mass is 32.2. The third-order valence-electron chi connectivity index (χ3n) is 6.05. The summed E-state index contributed by atoms with van der Waals surface area (Å²) in [5.41, 5.74) is 0. The molecular formula is C18H31NO6S3Si. The van der Waals surface area contributed by atoms with Crippen molar-refractivity contribution >= 4 is 59.2 Å². The zero-order valence-corrected chi connectivity index (χ0v) is 21.2. The van der Waals surface area contributed by atoms with Gasteiger partial charge < -0.3 is 14.6 Å². The number of carboxylic acid groups (broad SMARTS) is 1. The minimum Gasteiger partial charge on any atom is -0.478 e. The summed E-state index contributed by atoms with van der Waals surface area (Å²) in [4.78, 5) is 25.1. The number of β-lactam (4-membered cyclic amide) rings is 1. The number of aliphatic carboxylic acids is 1. The van der Waals surface area contributed by atoms with E-state index in [-0.39, 0.29) is 11.0 Å². The molecule has 0 bridgehead atoms. The lowest BCUT2D eigenvalue weighted by atomic mass is 9.92. The number of nitrogens with zero attached hydrogens (tertiary/aromatic N) is 1. The van der Waals surface area contributed by atoms with E-state index in [2.05, 4.69) is 33.9 Å². The van der Waals surface area contributed by atoms with Crippen molar-refractivity contribution in [2.45, 2.75) is 70.0 Å². The summed E-state index contributed by atoms with van der Waals surface area (Å²) >= 11 is 6.75. The third kappa shape index (κ3) is 5.30. The van der Waals surface area contributed by atoms with Gasteiger partial charge in [-0.15, -0.1) is 0 Å². The highest BCUT2D eigenvalue weighted by Crippen LogP contribution is 2.45. The first-order chi connectivity index (χ1) is 13.2. The standard InChI is InChI=1S/C18H31NO6S3Si/c1-10(25-29(5,6)18(2,3)4)12-13(20)19(14(21)16(22)23)15(12)27-17(26)11-7-8-28(24)9-11/h10-12,14-15,21H,7-9H2,1-6H3,(H,22,23)/t10-,11?,12+,14?,15-,28?/m1/s1. The second kappa shape index (κ2) is 9.03. The number of amides is 1. The maximum absolute atomic E-state index is 12.8. The van der Waals surface area contributed by atoms with Gasteiger partial charge in [-0.05, 0) is 31.5 Å². The molecule has 0 aromatic heterocycles. The Morgan fingerprint density at radius 1 is 1.41 bits per heavy atom. The first-order valence-corrected chi connectivity index (χ1v) is 15.3. The average Bonchev–Trinajstić information content (AvgIpc) is 2.99. The molecule has 2 heterocycles. The Morgan fingerprint density at radius 3 is 2.45 bits per heavy atom. The van der Waals surface area contributed by atoms with E-state index in [0.717, 1.165) is 11.3 Å². The number of aliphatic hydroxyl groups is 1. The molecule has 1 amide bonds. The van der Waals surface area contributed by atoms with Crippen molar-refractivity contribution in [3.63, 3.8) is 0 Å². The Bertz CT molecular complexity index is 710. The van der Waals surface area contributed by atoms with Crippen LogP contribution in [0.2, 0.25) is 18.1 Å². The van der Waals surface area contributed by atoms with Gasteiger partial charge in [0.05, 0.1) is 16.2 Å². The van der Waals surface area contributed by atoms with Crippen LogP contribution >= 0.6 is 24.0 Å². The SMILES string of the molecule is C[C@@H](O[Si](C)(C)C(C)(C)C)[C@H]1C(=O)N(C(O)C(=O)O)[C@@H]1SC(=S)C1CCS(=O)C1. The Labute approximate surface area is 185 Å². The monoisotopic (exact) mass is 481 g/mol. The van der Waals surface area contributed by atoms with E-state index >= 15 is 0 Å². The Hall–Kier alpha value is -0.333. The molecule has 2 aliphatic rings. The molecule has 0 saturated carbocycles. The van der Waals surface area contributed by atoms with Gasteiger partial charge in [0.15, 0.2) is 8.32 Å². The van der Waals surface area contributed by atoms with Gasteiger partial charge in [0.25, 0.3) is 0 Å². The molecule has 6 atom stereocenters. The van der Waals surface area contributed by atoms with Crippen molar-refractivity contribution in [2.75, 3.05) is 11.5 Å². The van der Waals surface area contributed by atoms with Crippen LogP contribution in [-0.2, 0) is 24.8 Å². The molecule has 3 unspecified atom stereocenters. The van der Waals surface area contributed by atoms with Crippen LogP contribution in [0, 0.1) is 11.8 Å². The van der Waals surface area contributed by atoms with Gasteiger partial charge in [-0.2, -0.15) is 0 Å². The van der Waals surface area contributed by atoms with Gasteiger partial charge >= 0.3 is 5.97 Å².